The van der Waals surface area contributed by atoms with Crippen LogP contribution >= 0.6 is 57.5 Å². The molecule has 15 aromatic rings. The van der Waals surface area contributed by atoms with Gasteiger partial charge in [0.05, 0.1) is 94.6 Å². The number of aromatic nitrogens is 23. The molecule has 15 aromatic heterocycles. The van der Waals surface area contributed by atoms with Crippen molar-refractivity contribution in [3.05, 3.63) is 174 Å². The van der Waals surface area contributed by atoms with Crippen molar-refractivity contribution in [3.8, 4) is 33.8 Å². The fraction of sp³-hybridized carbons (Fsp3) is 0.351. The fourth-order valence-corrected chi connectivity index (χ4v) is 17.3. The van der Waals surface area contributed by atoms with E-state index in [9.17, 15) is 14.4 Å². The number of piperidine rings is 3. The Morgan fingerprint density at radius 1 is 0.479 bits per heavy atom. The minimum Gasteiger partial charge on any atom is -0.328 e. The van der Waals surface area contributed by atoms with Crippen LogP contribution in [0, 0.1) is 38.5 Å². The van der Waals surface area contributed by atoms with Crippen LogP contribution in [0.2, 0.25) is 5.15 Å². The lowest BCUT2D eigenvalue weighted by molar-refractivity contribution is -0.117. The molecule has 18 rings (SSSR count). The second-order valence-electron chi connectivity index (χ2n) is 29.7. The maximum Gasteiger partial charge on any atom is 0.247 e. The van der Waals surface area contributed by atoms with Gasteiger partial charge in [0.2, 0.25) is 22.9 Å². The summed E-state index contributed by atoms with van der Waals surface area (Å²) in [5.41, 5.74) is 15.0. The van der Waals surface area contributed by atoms with Crippen molar-refractivity contribution in [2.24, 2.45) is 17.8 Å². The van der Waals surface area contributed by atoms with E-state index in [2.05, 4.69) is 154 Å². The fourth-order valence-electron chi connectivity index (χ4n) is 14.7. The van der Waals surface area contributed by atoms with Crippen molar-refractivity contribution in [3.63, 3.8) is 0 Å². The summed E-state index contributed by atoms with van der Waals surface area (Å²) in [6.45, 7) is 22.3. The molecule has 0 bridgehead atoms. The van der Waals surface area contributed by atoms with Crippen LogP contribution < -0.4 is 31.9 Å². The summed E-state index contributed by atoms with van der Waals surface area (Å²) in [5.74, 6) is 3.92. The van der Waals surface area contributed by atoms with E-state index >= 15 is 0 Å². The molecule has 40 heteroatoms. The molecule has 18 heterocycles. The van der Waals surface area contributed by atoms with Crippen LogP contribution in [-0.4, -0.2) is 182 Å². The molecule has 3 aliphatic rings. The molecule has 0 radical (unpaired) electrons. The van der Waals surface area contributed by atoms with E-state index in [1.165, 1.54) is 96.9 Å². The van der Waals surface area contributed by atoms with E-state index < -0.39 is 0 Å². The Morgan fingerprint density at radius 2 is 0.897 bits per heavy atom. The smallest absolute Gasteiger partial charge is 0.247 e. The van der Waals surface area contributed by atoms with Crippen molar-refractivity contribution < 1.29 is 14.4 Å². The number of amides is 3. The molecular formula is C77H85ClN32O3S4. The number of carbonyl (C=O) groups excluding carboxylic acids is 3. The number of nitrogens with one attached hydrogen (secondary N) is 6. The van der Waals surface area contributed by atoms with Gasteiger partial charge in [0, 0.05) is 117 Å². The molecule has 3 amide bonds. The van der Waals surface area contributed by atoms with Crippen LogP contribution in [0.15, 0.2) is 135 Å². The van der Waals surface area contributed by atoms with Crippen LogP contribution in [0.5, 0.6) is 0 Å². The van der Waals surface area contributed by atoms with E-state index in [-0.39, 0.29) is 37.4 Å². The van der Waals surface area contributed by atoms with E-state index in [0.717, 1.165) is 160 Å². The molecule has 3 unspecified atom stereocenters. The molecule has 3 atom stereocenters. The number of hydrogen-bond donors (Lipinski definition) is 6. The molecule has 0 saturated carbocycles. The number of pyridine rings is 1. The molecule has 6 N–H and O–H groups in total. The van der Waals surface area contributed by atoms with Crippen LogP contribution in [0.25, 0.3) is 50.7 Å². The third-order valence-corrected chi connectivity index (χ3v) is 22.8. The van der Waals surface area contributed by atoms with Crippen LogP contribution in [0.4, 0.5) is 49.1 Å². The monoisotopic (exact) mass is 1670 g/mol. The zero-order valence-electron chi connectivity index (χ0n) is 65.0. The Hall–Kier alpha value is -11.9. The average Bonchev–Trinajstić information content (AvgIpc) is 1.63. The molecule has 3 saturated heterocycles. The Kier molecular flexibility index (Phi) is 24.4. The van der Waals surface area contributed by atoms with Crippen LogP contribution in [-0.2, 0) is 53.7 Å². The number of hydrogen-bond acceptors (Lipinski definition) is 30. The van der Waals surface area contributed by atoms with Gasteiger partial charge in [-0.3, -0.25) is 66.6 Å². The van der Waals surface area contributed by atoms with Gasteiger partial charge in [-0.25, -0.2) is 39.9 Å². The van der Waals surface area contributed by atoms with E-state index in [1.807, 2.05) is 71.2 Å². The largest absolute Gasteiger partial charge is 0.328 e. The van der Waals surface area contributed by atoms with Crippen LogP contribution in [0.3, 0.4) is 0 Å². The van der Waals surface area contributed by atoms with Crippen molar-refractivity contribution in [1.29, 1.82) is 0 Å². The first-order valence-corrected chi connectivity index (χ1v) is 42.0. The maximum absolute atomic E-state index is 12.5. The van der Waals surface area contributed by atoms with Crippen molar-refractivity contribution in [2.75, 3.05) is 71.2 Å². The first-order chi connectivity index (χ1) is 56.9. The first-order valence-electron chi connectivity index (χ1n) is 38.4. The normalized spacial score (nSPS) is 16.0. The molecule has 117 heavy (non-hydrogen) atoms. The van der Waals surface area contributed by atoms with Gasteiger partial charge in [0.25, 0.3) is 0 Å². The van der Waals surface area contributed by atoms with Gasteiger partial charge in [-0.2, -0.15) is 28.4 Å². The highest BCUT2D eigenvalue weighted by Gasteiger charge is 2.25. The first kappa shape index (κ1) is 79.0. The number of halogens is 1. The predicted octanol–water partition coefficient (Wildman–Crippen LogP) is 12.6. The molecular weight excluding hydrogens is 1580 g/mol. The summed E-state index contributed by atoms with van der Waals surface area (Å²) in [6, 6.07) is 9.58. The second-order valence-corrected chi connectivity index (χ2v) is 33.3. The van der Waals surface area contributed by atoms with Crippen molar-refractivity contribution in [1.82, 2.24) is 125 Å². The molecule has 3 aliphatic heterocycles. The third-order valence-electron chi connectivity index (χ3n) is 19.8. The second kappa shape index (κ2) is 36.1. The highest BCUT2D eigenvalue weighted by molar-refractivity contribution is 7.13. The summed E-state index contributed by atoms with van der Waals surface area (Å²) in [7, 11) is 0. The highest BCUT2D eigenvalue weighted by Crippen LogP contribution is 2.34. The lowest BCUT2D eigenvalue weighted by Crippen LogP contribution is -2.33. The number of rotatable bonds is 24. The average molecular weight is 1670 g/mol. The number of aryl methyl sites for hydroxylation is 3. The van der Waals surface area contributed by atoms with Crippen molar-refractivity contribution in [2.45, 2.75) is 119 Å². The predicted molar refractivity (Wildman–Crippen MR) is 451 cm³/mol. The van der Waals surface area contributed by atoms with Gasteiger partial charge < -0.3 is 26.6 Å². The third kappa shape index (κ3) is 20.2. The lowest BCUT2D eigenvalue weighted by atomic mass is 10.0. The number of anilines is 9. The Bertz CT molecular complexity index is 5940. The van der Waals surface area contributed by atoms with Gasteiger partial charge >= 0.3 is 0 Å². The number of imidazole rings is 3. The van der Waals surface area contributed by atoms with Crippen molar-refractivity contribution >= 4 is 141 Å². The van der Waals surface area contributed by atoms with Gasteiger partial charge in [-0.05, 0) is 162 Å². The molecule has 0 spiro atoms. The van der Waals surface area contributed by atoms with Gasteiger partial charge in [-0.1, -0.05) is 43.7 Å². The molecule has 3 fully saturated rings. The van der Waals surface area contributed by atoms with Gasteiger partial charge in [0.15, 0.2) is 40.2 Å². The SMILES string of the molecule is Cc1cn2c(-c3cnn(CC(=O)Nc4ccnc(Cl)c4)c3)cnc2c(Nc2cc(CN3CCCC(C)C3)ns2)n1.Cc1cn2c(-c3cnn(CC(=O)Nc4cnccn4)c3)cnc2c(Nc2cc(CN3CCCC(C)C3)ns2)n1.Cc1cn2c(-c3cnn(CC(=O)Nc4nncs4)c3)cnc2c(Nc2cc(CN3CCCC(C)C3)ns2)n1. The minimum absolute atomic E-state index is 0.0464. The Labute approximate surface area is 693 Å². The molecule has 0 aromatic carbocycles. The summed E-state index contributed by atoms with van der Waals surface area (Å²) in [6.07, 6.45) is 35.6. The summed E-state index contributed by atoms with van der Waals surface area (Å²) >= 11 is 11.5. The topological polar surface area (TPSA) is 380 Å². The molecule has 35 nitrogen and oxygen atoms in total. The standard InChI is InChI=1S/C27H29ClN10OS.C26H29N11OS.C24H27N11OS2/c1-17-4-3-7-36(12-17)15-21-9-25(40-35-21)34-26-27-30-11-22(38(27)13-18(2)32-26)19-10-31-37(14-19)16-24(39)33-20-5-6-29-23(28)8-20;1-17-4-3-7-35(12-17)15-20-8-24(39-34-20)33-25-26-29-10-21(37(26)13-18(2)31-25)19-9-30-36(14-19)16-23(38)32-22-11-27-5-6-28-22;1-15-4-3-5-33(9-15)12-18-6-21(38-32-18)30-22-23-25-8-19(35(23)10-16(2)28-22)17-7-27-34(11-17)13-20(36)29-24-31-26-14-37-24/h5-6,8-11,13-14,17H,3-4,7,12,15-16H2,1-2H3,(H,32,34)(H,29,33,39);5-6,8-11,13-14,17H,3-4,7,12,15-16H2,1-2H3,(H,31,33)(H,28,32,38);6-8,10-11,14-15H,3-5,9,12-13H2,1-2H3,(H,28,30)(H,29,31,36). The van der Waals surface area contributed by atoms with Gasteiger partial charge in [0.1, 0.15) is 45.3 Å². The Morgan fingerprint density at radius 3 is 1.28 bits per heavy atom. The lowest BCUT2D eigenvalue weighted by Gasteiger charge is -2.30. The quantitative estimate of drug-likeness (QED) is 0.0306. The van der Waals surface area contributed by atoms with Crippen LogP contribution in [0.1, 0.15) is 93.5 Å². The molecule has 0 aliphatic carbocycles. The number of likely N-dealkylation sites (tertiary alicyclic amines) is 3. The van der Waals surface area contributed by atoms with E-state index in [4.69, 9.17) is 26.6 Å². The summed E-state index contributed by atoms with van der Waals surface area (Å²) < 4.78 is 24.7. The minimum atomic E-state index is -0.242. The van der Waals surface area contributed by atoms with E-state index in [1.54, 1.807) is 81.3 Å². The Balaban J connectivity index is 0.000000131. The summed E-state index contributed by atoms with van der Waals surface area (Å²) in [4.78, 5) is 84.7. The highest BCUT2D eigenvalue weighted by atomic mass is 35.5. The number of carbonyl (C=O) groups is 3. The zero-order valence-corrected chi connectivity index (χ0v) is 69.0. The molecule has 602 valence electrons. The maximum atomic E-state index is 12.5. The van der Waals surface area contributed by atoms with Gasteiger partial charge in [-0.15, -0.1) is 10.2 Å². The van der Waals surface area contributed by atoms with E-state index in [0.29, 0.717) is 56.2 Å². The summed E-state index contributed by atoms with van der Waals surface area (Å²) in [5, 5.41) is 42.8. The zero-order chi connectivity index (χ0) is 80.5. The number of nitrogens with zero attached hydrogens (tertiary/aromatic N) is 26. The number of fused-ring (bicyclic) bond motifs is 3.